The first-order chi connectivity index (χ1) is 11.5. The first-order valence-corrected chi connectivity index (χ1v) is 8.06. The number of hydrogen-bond donors (Lipinski definition) is 2. The summed E-state index contributed by atoms with van der Waals surface area (Å²) in [5.74, 6) is 0.0706. The molecule has 0 aliphatic carbocycles. The second kappa shape index (κ2) is 8.62. The van der Waals surface area contributed by atoms with Crippen LogP contribution < -0.4 is 10.6 Å². The normalized spacial score (nSPS) is 18.2. The Bertz CT molecular complexity index is 615. The summed E-state index contributed by atoms with van der Waals surface area (Å²) in [5, 5.41) is 14.3. The predicted molar refractivity (Wildman–Crippen MR) is 89.2 cm³/mol. The lowest BCUT2D eigenvalue weighted by Gasteiger charge is -2.33. The molecule has 1 aromatic rings. The van der Waals surface area contributed by atoms with Crippen molar-refractivity contribution in [3.63, 3.8) is 0 Å². The highest BCUT2D eigenvalue weighted by molar-refractivity contribution is 5.90. The van der Waals surface area contributed by atoms with Crippen LogP contribution in [0.4, 0.5) is 14.9 Å². The van der Waals surface area contributed by atoms with Gasteiger partial charge >= 0.3 is 6.03 Å². The molecule has 1 aromatic carbocycles. The number of urea groups is 1. The summed E-state index contributed by atoms with van der Waals surface area (Å²) in [6.07, 6.45) is -0.0631. The number of ether oxygens (including phenoxy) is 1. The molecule has 0 bridgehead atoms. The monoisotopic (exact) mass is 334 g/mol. The third-order valence-corrected chi connectivity index (χ3v) is 3.69. The lowest BCUT2D eigenvalue weighted by Crippen LogP contribution is -2.48. The first kappa shape index (κ1) is 18.2. The number of morpholine rings is 1. The molecular formula is C17H23FN4O2. The zero-order chi connectivity index (χ0) is 17.5. The van der Waals surface area contributed by atoms with Crippen molar-refractivity contribution in [3.05, 3.63) is 29.6 Å². The number of rotatable bonds is 5. The topological polar surface area (TPSA) is 77.4 Å². The highest BCUT2D eigenvalue weighted by atomic mass is 19.1. The van der Waals surface area contributed by atoms with Crippen molar-refractivity contribution in [2.24, 2.45) is 5.92 Å². The van der Waals surface area contributed by atoms with Crippen molar-refractivity contribution in [2.75, 3.05) is 38.1 Å². The second-order valence-electron chi connectivity index (χ2n) is 6.28. The van der Waals surface area contributed by atoms with Crippen molar-refractivity contribution < 1.29 is 13.9 Å². The van der Waals surface area contributed by atoms with E-state index in [2.05, 4.69) is 29.4 Å². The van der Waals surface area contributed by atoms with Gasteiger partial charge in [-0.15, -0.1) is 0 Å². The van der Waals surface area contributed by atoms with Gasteiger partial charge in [0.25, 0.3) is 0 Å². The van der Waals surface area contributed by atoms with Gasteiger partial charge in [0.1, 0.15) is 11.9 Å². The Morgan fingerprint density at radius 3 is 3.04 bits per heavy atom. The number of nitrogens with zero attached hydrogens (tertiary/aromatic N) is 2. The van der Waals surface area contributed by atoms with Crippen LogP contribution in [0.1, 0.15) is 19.4 Å². The van der Waals surface area contributed by atoms with Crippen LogP contribution in [0.15, 0.2) is 18.2 Å². The highest BCUT2D eigenvalue weighted by Gasteiger charge is 2.21. The van der Waals surface area contributed by atoms with Gasteiger partial charge in [-0.05, 0) is 24.1 Å². The van der Waals surface area contributed by atoms with E-state index in [1.165, 1.54) is 12.1 Å². The van der Waals surface area contributed by atoms with Gasteiger partial charge in [-0.3, -0.25) is 4.90 Å². The molecule has 1 atom stereocenters. The minimum atomic E-state index is -0.515. The number of halogens is 1. The van der Waals surface area contributed by atoms with Gasteiger partial charge < -0.3 is 15.4 Å². The maximum atomic E-state index is 13.1. The SMILES string of the molecule is CC(C)CN1CCOC(CNC(=O)Nc2ccc(F)cc2C#N)C1. The van der Waals surface area contributed by atoms with E-state index in [9.17, 15) is 9.18 Å². The summed E-state index contributed by atoms with van der Waals surface area (Å²) in [4.78, 5) is 14.3. The van der Waals surface area contributed by atoms with Gasteiger partial charge in [0.05, 0.1) is 24.0 Å². The molecular weight excluding hydrogens is 311 g/mol. The van der Waals surface area contributed by atoms with E-state index in [1.807, 2.05) is 6.07 Å². The summed E-state index contributed by atoms with van der Waals surface area (Å²) in [6.45, 7) is 8.06. The largest absolute Gasteiger partial charge is 0.374 e. The number of carbonyl (C=O) groups is 1. The van der Waals surface area contributed by atoms with Crippen LogP contribution >= 0.6 is 0 Å². The van der Waals surface area contributed by atoms with Gasteiger partial charge in [-0.2, -0.15) is 5.26 Å². The Morgan fingerprint density at radius 1 is 1.54 bits per heavy atom. The van der Waals surface area contributed by atoms with Crippen LogP contribution in [0.5, 0.6) is 0 Å². The fourth-order valence-electron chi connectivity index (χ4n) is 2.68. The van der Waals surface area contributed by atoms with E-state index >= 15 is 0 Å². The molecule has 0 radical (unpaired) electrons. The Balaban J connectivity index is 1.82. The Morgan fingerprint density at radius 2 is 2.33 bits per heavy atom. The standard InChI is InChI=1S/C17H23FN4O2/c1-12(2)10-22-5-6-24-15(11-22)9-20-17(23)21-16-4-3-14(18)7-13(16)8-19/h3-4,7,12,15H,5-6,9-11H2,1-2H3,(H2,20,21,23). The van der Waals surface area contributed by atoms with Gasteiger partial charge in [-0.1, -0.05) is 13.8 Å². The molecule has 1 saturated heterocycles. The van der Waals surface area contributed by atoms with E-state index in [0.29, 0.717) is 19.1 Å². The minimum absolute atomic E-state index is 0.0631. The van der Waals surface area contributed by atoms with Crippen molar-refractivity contribution in [1.29, 1.82) is 5.26 Å². The molecule has 130 valence electrons. The van der Waals surface area contributed by atoms with Gasteiger partial charge in [-0.25, -0.2) is 9.18 Å². The van der Waals surface area contributed by atoms with Crippen LogP contribution in [0.2, 0.25) is 0 Å². The molecule has 0 saturated carbocycles. The number of benzene rings is 1. The molecule has 1 fully saturated rings. The van der Waals surface area contributed by atoms with Gasteiger partial charge in [0, 0.05) is 26.2 Å². The maximum Gasteiger partial charge on any atom is 0.319 e. The van der Waals surface area contributed by atoms with Gasteiger partial charge in [0.15, 0.2) is 0 Å². The molecule has 0 aromatic heterocycles. The molecule has 2 rings (SSSR count). The number of carbonyl (C=O) groups excluding carboxylic acids is 1. The Hall–Kier alpha value is -2.17. The number of hydrogen-bond acceptors (Lipinski definition) is 4. The molecule has 1 aliphatic heterocycles. The molecule has 2 amide bonds. The third-order valence-electron chi connectivity index (χ3n) is 3.69. The second-order valence-corrected chi connectivity index (χ2v) is 6.28. The fraction of sp³-hybridized carbons (Fsp3) is 0.529. The summed E-state index contributed by atoms with van der Waals surface area (Å²) in [7, 11) is 0. The quantitative estimate of drug-likeness (QED) is 0.865. The van der Waals surface area contributed by atoms with E-state index in [4.69, 9.17) is 10.00 Å². The van der Waals surface area contributed by atoms with Gasteiger partial charge in [0.2, 0.25) is 0 Å². The molecule has 0 spiro atoms. The van der Waals surface area contributed by atoms with Crippen molar-refractivity contribution in [1.82, 2.24) is 10.2 Å². The van der Waals surface area contributed by atoms with Crippen molar-refractivity contribution in [2.45, 2.75) is 20.0 Å². The average Bonchev–Trinajstić information content (AvgIpc) is 2.54. The summed E-state index contributed by atoms with van der Waals surface area (Å²) < 4.78 is 18.8. The van der Waals surface area contributed by atoms with Crippen LogP contribution in [0.25, 0.3) is 0 Å². The fourth-order valence-corrected chi connectivity index (χ4v) is 2.68. The molecule has 7 heteroatoms. The number of anilines is 1. The number of nitrogens with one attached hydrogen (secondary N) is 2. The maximum absolute atomic E-state index is 13.1. The molecule has 1 aliphatic rings. The molecule has 6 nitrogen and oxygen atoms in total. The smallest absolute Gasteiger partial charge is 0.319 e. The van der Waals surface area contributed by atoms with Crippen LogP contribution in [-0.2, 0) is 4.74 Å². The average molecular weight is 334 g/mol. The van der Waals surface area contributed by atoms with Crippen molar-refractivity contribution >= 4 is 11.7 Å². The molecule has 2 N–H and O–H groups in total. The Kier molecular flexibility index (Phi) is 6.53. The number of amides is 2. The predicted octanol–water partition coefficient (Wildman–Crippen LogP) is 2.18. The molecule has 24 heavy (non-hydrogen) atoms. The molecule has 1 unspecified atom stereocenters. The summed E-state index contributed by atoms with van der Waals surface area (Å²) in [5.41, 5.74) is 0.365. The van der Waals surface area contributed by atoms with E-state index in [0.717, 1.165) is 25.7 Å². The van der Waals surface area contributed by atoms with Crippen LogP contribution in [0, 0.1) is 23.1 Å². The van der Waals surface area contributed by atoms with E-state index in [-0.39, 0.29) is 17.4 Å². The third kappa shape index (κ3) is 5.48. The first-order valence-electron chi connectivity index (χ1n) is 8.06. The van der Waals surface area contributed by atoms with Crippen molar-refractivity contribution in [3.8, 4) is 6.07 Å². The lowest BCUT2D eigenvalue weighted by molar-refractivity contribution is -0.0288. The Labute approximate surface area is 141 Å². The van der Waals surface area contributed by atoms with Crippen LogP contribution in [-0.4, -0.2) is 49.8 Å². The lowest BCUT2D eigenvalue weighted by atomic mass is 10.2. The summed E-state index contributed by atoms with van der Waals surface area (Å²) in [6, 6.07) is 5.07. The number of nitriles is 1. The zero-order valence-electron chi connectivity index (χ0n) is 14.0. The highest BCUT2D eigenvalue weighted by Crippen LogP contribution is 2.15. The molecule has 1 heterocycles. The van der Waals surface area contributed by atoms with Crippen LogP contribution in [0.3, 0.4) is 0 Å². The van der Waals surface area contributed by atoms with E-state index < -0.39 is 11.8 Å². The summed E-state index contributed by atoms with van der Waals surface area (Å²) >= 11 is 0. The zero-order valence-corrected chi connectivity index (χ0v) is 14.0. The van der Waals surface area contributed by atoms with E-state index in [1.54, 1.807) is 0 Å². The minimum Gasteiger partial charge on any atom is -0.374 e.